The molecule has 0 fully saturated rings. The summed E-state index contributed by atoms with van der Waals surface area (Å²) in [4.78, 5) is 11.4. The molecule has 1 amide bonds. The molecular formula is C12H12N2O. The van der Waals surface area contributed by atoms with E-state index in [1.165, 1.54) is 0 Å². The van der Waals surface area contributed by atoms with Gasteiger partial charge in [-0.3, -0.25) is 4.79 Å². The Labute approximate surface area is 87.9 Å². The molecule has 3 N–H and O–H groups in total. The van der Waals surface area contributed by atoms with Gasteiger partial charge in [-0.05, 0) is 16.8 Å². The summed E-state index contributed by atoms with van der Waals surface area (Å²) in [5, 5.41) is 4.87. The maximum atomic E-state index is 11.4. The minimum atomic E-state index is -0.406. The van der Waals surface area contributed by atoms with E-state index in [1.54, 1.807) is 7.05 Å². The monoisotopic (exact) mass is 200 g/mol. The van der Waals surface area contributed by atoms with Crippen LogP contribution >= 0.6 is 0 Å². The van der Waals surface area contributed by atoms with Gasteiger partial charge >= 0.3 is 0 Å². The number of anilines is 1. The molecule has 0 aromatic heterocycles. The lowest BCUT2D eigenvalue weighted by Gasteiger charge is -2.09. The Hall–Kier alpha value is -2.03. The molecule has 0 atom stereocenters. The number of amides is 1. The Bertz CT molecular complexity index is 520. The van der Waals surface area contributed by atoms with Crippen LogP contribution in [0.2, 0.25) is 0 Å². The molecule has 0 saturated heterocycles. The number of hydrogen-bond donors (Lipinski definition) is 2. The van der Waals surface area contributed by atoms with Gasteiger partial charge in [-0.15, -0.1) is 0 Å². The molecule has 2 aromatic rings. The van der Waals surface area contributed by atoms with Gasteiger partial charge in [-0.2, -0.15) is 0 Å². The number of carbonyl (C=O) groups is 1. The van der Waals surface area contributed by atoms with Gasteiger partial charge in [-0.25, -0.2) is 0 Å². The Morgan fingerprint density at radius 2 is 1.93 bits per heavy atom. The van der Waals surface area contributed by atoms with Crippen LogP contribution in [-0.2, 0) is 0 Å². The first kappa shape index (κ1) is 9.52. The van der Waals surface area contributed by atoms with Crippen molar-refractivity contribution in [2.75, 3.05) is 12.4 Å². The van der Waals surface area contributed by atoms with Crippen molar-refractivity contribution in [2.24, 2.45) is 5.73 Å². The Morgan fingerprint density at radius 3 is 2.60 bits per heavy atom. The van der Waals surface area contributed by atoms with Gasteiger partial charge in [0.2, 0.25) is 0 Å². The largest absolute Gasteiger partial charge is 0.387 e. The maximum Gasteiger partial charge on any atom is 0.251 e. The smallest absolute Gasteiger partial charge is 0.251 e. The summed E-state index contributed by atoms with van der Waals surface area (Å²) in [6.07, 6.45) is 0. The first-order chi connectivity index (χ1) is 7.24. The standard InChI is InChI=1S/C12H12N2O/c1-14-10-7-6-8-4-2-3-5-9(8)11(10)12(13)15/h2-7,14H,1H3,(H2,13,15). The molecule has 3 heteroatoms. The molecule has 0 spiro atoms. The van der Waals surface area contributed by atoms with Crippen molar-refractivity contribution in [3.63, 3.8) is 0 Å². The van der Waals surface area contributed by atoms with E-state index in [9.17, 15) is 4.79 Å². The minimum Gasteiger partial charge on any atom is -0.387 e. The van der Waals surface area contributed by atoms with Crippen LogP contribution in [0.15, 0.2) is 36.4 Å². The highest BCUT2D eigenvalue weighted by Crippen LogP contribution is 2.25. The molecule has 76 valence electrons. The number of rotatable bonds is 2. The van der Waals surface area contributed by atoms with Crippen molar-refractivity contribution >= 4 is 22.4 Å². The summed E-state index contributed by atoms with van der Waals surface area (Å²) in [6, 6.07) is 11.5. The number of hydrogen-bond acceptors (Lipinski definition) is 2. The summed E-state index contributed by atoms with van der Waals surface area (Å²) in [5.41, 5.74) is 6.69. The van der Waals surface area contributed by atoms with Gasteiger partial charge in [0.05, 0.1) is 5.56 Å². The zero-order chi connectivity index (χ0) is 10.8. The van der Waals surface area contributed by atoms with Gasteiger partial charge in [0.15, 0.2) is 0 Å². The first-order valence-electron chi connectivity index (χ1n) is 4.73. The molecule has 3 nitrogen and oxygen atoms in total. The summed E-state index contributed by atoms with van der Waals surface area (Å²) in [7, 11) is 1.77. The lowest BCUT2D eigenvalue weighted by atomic mass is 10.0. The SMILES string of the molecule is CNc1ccc2ccccc2c1C(N)=O. The highest BCUT2D eigenvalue weighted by molar-refractivity contribution is 6.11. The molecule has 0 radical (unpaired) electrons. The predicted octanol–water partition coefficient (Wildman–Crippen LogP) is 1.98. The molecule has 0 heterocycles. The fourth-order valence-corrected chi connectivity index (χ4v) is 1.75. The topological polar surface area (TPSA) is 55.1 Å². The number of benzene rings is 2. The summed E-state index contributed by atoms with van der Waals surface area (Å²) in [6.45, 7) is 0. The third-order valence-corrected chi connectivity index (χ3v) is 2.44. The van der Waals surface area contributed by atoms with E-state index in [0.29, 0.717) is 5.56 Å². The third kappa shape index (κ3) is 1.52. The van der Waals surface area contributed by atoms with Crippen LogP contribution in [0.1, 0.15) is 10.4 Å². The number of nitrogens with two attached hydrogens (primary N) is 1. The Morgan fingerprint density at radius 1 is 1.20 bits per heavy atom. The lowest BCUT2D eigenvalue weighted by Crippen LogP contribution is -2.14. The van der Waals surface area contributed by atoms with Gasteiger partial charge in [0, 0.05) is 12.7 Å². The zero-order valence-electron chi connectivity index (χ0n) is 8.45. The van der Waals surface area contributed by atoms with Crippen LogP contribution in [0.3, 0.4) is 0 Å². The van der Waals surface area contributed by atoms with Crippen molar-refractivity contribution in [3.8, 4) is 0 Å². The lowest BCUT2D eigenvalue weighted by molar-refractivity contribution is 0.100. The molecule has 15 heavy (non-hydrogen) atoms. The van der Waals surface area contributed by atoms with E-state index < -0.39 is 5.91 Å². The van der Waals surface area contributed by atoms with E-state index in [2.05, 4.69) is 5.32 Å². The molecule has 0 aliphatic rings. The zero-order valence-corrected chi connectivity index (χ0v) is 8.45. The summed E-state index contributed by atoms with van der Waals surface area (Å²) >= 11 is 0. The third-order valence-electron chi connectivity index (χ3n) is 2.44. The van der Waals surface area contributed by atoms with E-state index in [1.807, 2.05) is 36.4 Å². The molecule has 2 rings (SSSR count). The van der Waals surface area contributed by atoms with E-state index >= 15 is 0 Å². The van der Waals surface area contributed by atoms with Crippen LogP contribution < -0.4 is 11.1 Å². The van der Waals surface area contributed by atoms with Crippen LogP contribution in [0.5, 0.6) is 0 Å². The van der Waals surface area contributed by atoms with Gasteiger partial charge in [0.25, 0.3) is 5.91 Å². The number of carbonyl (C=O) groups excluding carboxylic acids is 1. The van der Waals surface area contributed by atoms with Crippen molar-refractivity contribution in [1.82, 2.24) is 0 Å². The number of nitrogens with one attached hydrogen (secondary N) is 1. The van der Waals surface area contributed by atoms with Crippen molar-refractivity contribution in [3.05, 3.63) is 42.0 Å². The average molecular weight is 200 g/mol. The summed E-state index contributed by atoms with van der Waals surface area (Å²) in [5.74, 6) is -0.406. The van der Waals surface area contributed by atoms with E-state index in [-0.39, 0.29) is 0 Å². The Balaban J connectivity index is 2.85. The predicted molar refractivity (Wildman–Crippen MR) is 62.0 cm³/mol. The van der Waals surface area contributed by atoms with Crippen LogP contribution in [-0.4, -0.2) is 13.0 Å². The normalized spacial score (nSPS) is 10.2. The maximum absolute atomic E-state index is 11.4. The van der Waals surface area contributed by atoms with E-state index in [4.69, 9.17) is 5.73 Å². The van der Waals surface area contributed by atoms with E-state index in [0.717, 1.165) is 16.5 Å². The Kier molecular flexibility index (Phi) is 2.29. The van der Waals surface area contributed by atoms with Crippen LogP contribution in [0.4, 0.5) is 5.69 Å². The summed E-state index contributed by atoms with van der Waals surface area (Å²) < 4.78 is 0. The van der Waals surface area contributed by atoms with Crippen LogP contribution in [0, 0.1) is 0 Å². The molecule has 0 bridgehead atoms. The molecule has 0 aliphatic heterocycles. The van der Waals surface area contributed by atoms with Gasteiger partial charge in [0.1, 0.15) is 0 Å². The fraction of sp³-hybridized carbons (Fsp3) is 0.0833. The van der Waals surface area contributed by atoms with Crippen LogP contribution in [0.25, 0.3) is 10.8 Å². The van der Waals surface area contributed by atoms with Gasteiger partial charge < -0.3 is 11.1 Å². The average Bonchev–Trinajstić information content (AvgIpc) is 2.27. The highest BCUT2D eigenvalue weighted by atomic mass is 16.1. The minimum absolute atomic E-state index is 0.406. The molecular weight excluding hydrogens is 188 g/mol. The highest BCUT2D eigenvalue weighted by Gasteiger charge is 2.10. The first-order valence-corrected chi connectivity index (χ1v) is 4.73. The van der Waals surface area contributed by atoms with Crippen molar-refractivity contribution in [1.29, 1.82) is 0 Å². The molecule has 0 aliphatic carbocycles. The van der Waals surface area contributed by atoms with Crippen molar-refractivity contribution in [2.45, 2.75) is 0 Å². The quantitative estimate of drug-likeness (QED) is 0.778. The molecule has 0 saturated carbocycles. The molecule has 0 unspecified atom stereocenters. The second-order valence-corrected chi connectivity index (χ2v) is 3.32. The fourth-order valence-electron chi connectivity index (χ4n) is 1.75. The van der Waals surface area contributed by atoms with Crippen molar-refractivity contribution < 1.29 is 4.79 Å². The number of primary amides is 1. The van der Waals surface area contributed by atoms with Gasteiger partial charge in [-0.1, -0.05) is 30.3 Å². The number of fused-ring (bicyclic) bond motifs is 1. The second kappa shape index (κ2) is 3.61. The molecule has 2 aromatic carbocycles. The second-order valence-electron chi connectivity index (χ2n) is 3.32.